The molecule has 1 heterocycles. The van der Waals surface area contributed by atoms with E-state index < -0.39 is 0 Å². The molecule has 80 valence electrons. The van der Waals surface area contributed by atoms with Crippen molar-refractivity contribution >= 4 is 17.7 Å². The van der Waals surface area contributed by atoms with E-state index in [9.17, 15) is 4.79 Å². The molecule has 1 aliphatic heterocycles. The average molecular weight is 213 g/mol. The maximum absolute atomic E-state index is 11.4. The van der Waals surface area contributed by atoms with Crippen LogP contribution >= 0.6 is 11.8 Å². The maximum Gasteiger partial charge on any atom is 0.221 e. The Hall–Kier alpha value is -0.180. The van der Waals surface area contributed by atoms with Crippen LogP contribution in [0.3, 0.4) is 0 Å². The van der Waals surface area contributed by atoms with Gasteiger partial charge in [-0.1, -0.05) is 19.3 Å². The van der Waals surface area contributed by atoms with E-state index in [0.29, 0.717) is 12.5 Å². The Morgan fingerprint density at radius 3 is 2.79 bits per heavy atom. The molecule has 1 atom stereocenters. The Kier molecular flexibility index (Phi) is 3.74. The summed E-state index contributed by atoms with van der Waals surface area (Å²) in [6.07, 6.45) is 7.48. The SMILES string of the molecule is O=C1CCSCC(C2CCCCC2)N1. The largest absolute Gasteiger partial charge is 0.352 e. The smallest absolute Gasteiger partial charge is 0.221 e. The van der Waals surface area contributed by atoms with Gasteiger partial charge in [0.25, 0.3) is 0 Å². The van der Waals surface area contributed by atoms with Crippen LogP contribution in [0.2, 0.25) is 0 Å². The molecule has 1 saturated heterocycles. The molecule has 2 fully saturated rings. The van der Waals surface area contributed by atoms with Gasteiger partial charge >= 0.3 is 0 Å². The van der Waals surface area contributed by atoms with Crippen molar-refractivity contribution in [3.05, 3.63) is 0 Å². The molecule has 1 N–H and O–H groups in total. The number of carbonyl (C=O) groups is 1. The lowest BCUT2D eigenvalue weighted by Crippen LogP contribution is -2.41. The average Bonchev–Trinajstić information content (AvgIpc) is 2.44. The molecule has 1 aliphatic carbocycles. The van der Waals surface area contributed by atoms with Crippen LogP contribution in [0, 0.1) is 5.92 Å². The van der Waals surface area contributed by atoms with E-state index in [1.54, 1.807) is 0 Å². The fraction of sp³-hybridized carbons (Fsp3) is 0.909. The molecule has 0 aromatic rings. The van der Waals surface area contributed by atoms with E-state index in [1.807, 2.05) is 11.8 Å². The summed E-state index contributed by atoms with van der Waals surface area (Å²) in [5, 5.41) is 3.19. The zero-order chi connectivity index (χ0) is 9.80. The van der Waals surface area contributed by atoms with Crippen molar-refractivity contribution in [3.8, 4) is 0 Å². The first kappa shape index (κ1) is 10.3. The van der Waals surface area contributed by atoms with E-state index in [4.69, 9.17) is 0 Å². The molecule has 0 aromatic carbocycles. The molecule has 2 nitrogen and oxygen atoms in total. The molecule has 0 bridgehead atoms. The molecular formula is C11H19NOS. The first-order valence-electron chi connectivity index (χ1n) is 5.73. The maximum atomic E-state index is 11.4. The highest BCUT2D eigenvalue weighted by Gasteiger charge is 2.26. The summed E-state index contributed by atoms with van der Waals surface area (Å²) in [5.74, 6) is 3.18. The van der Waals surface area contributed by atoms with E-state index in [0.717, 1.165) is 17.4 Å². The second-order valence-electron chi connectivity index (χ2n) is 4.40. The van der Waals surface area contributed by atoms with Crippen LogP contribution in [-0.2, 0) is 4.79 Å². The zero-order valence-corrected chi connectivity index (χ0v) is 9.44. The highest BCUT2D eigenvalue weighted by atomic mass is 32.2. The summed E-state index contributed by atoms with van der Waals surface area (Å²) in [7, 11) is 0. The number of hydrogen-bond acceptors (Lipinski definition) is 2. The molecule has 1 amide bonds. The van der Waals surface area contributed by atoms with Gasteiger partial charge in [-0.15, -0.1) is 0 Å². The molecule has 1 unspecified atom stereocenters. The van der Waals surface area contributed by atoms with Crippen LogP contribution in [0.15, 0.2) is 0 Å². The number of rotatable bonds is 1. The first-order chi connectivity index (χ1) is 6.86. The summed E-state index contributed by atoms with van der Waals surface area (Å²) in [6.45, 7) is 0. The van der Waals surface area contributed by atoms with Gasteiger partial charge in [0.1, 0.15) is 0 Å². The van der Waals surface area contributed by atoms with Crippen LogP contribution in [-0.4, -0.2) is 23.5 Å². The van der Waals surface area contributed by atoms with Gasteiger partial charge in [-0.3, -0.25) is 4.79 Å². The normalized spacial score (nSPS) is 30.9. The summed E-state index contributed by atoms with van der Waals surface area (Å²) in [5.41, 5.74) is 0. The number of thioether (sulfide) groups is 1. The Balaban J connectivity index is 1.90. The number of nitrogens with one attached hydrogen (secondary N) is 1. The second-order valence-corrected chi connectivity index (χ2v) is 5.55. The monoisotopic (exact) mass is 213 g/mol. The molecule has 2 aliphatic rings. The van der Waals surface area contributed by atoms with Crippen molar-refractivity contribution in [1.29, 1.82) is 0 Å². The summed E-state index contributed by atoms with van der Waals surface area (Å²) in [4.78, 5) is 11.4. The van der Waals surface area contributed by atoms with Gasteiger partial charge in [0.05, 0.1) is 0 Å². The molecule has 0 radical (unpaired) electrons. The quantitative estimate of drug-likeness (QED) is 0.723. The lowest BCUT2D eigenvalue weighted by Gasteiger charge is -2.29. The van der Waals surface area contributed by atoms with E-state index in [-0.39, 0.29) is 5.91 Å². The van der Waals surface area contributed by atoms with Gasteiger partial charge in [-0.05, 0) is 18.8 Å². The molecule has 3 heteroatoms. The minimum absolute atomic E-state index is 0.269. The van der Waals surface area contributed by atoms with Crippen LogP contribution in [0.5, 0.6) is 0 Å². The van der Waals surface area contributed by atoms with Crippen LogP contribution in [0.4, 0.5) is 0 Å². The van der Waals surface area contributed by atoms with Crippen molar-refractivity contribution < 1.29 is 4.79 Å². The lowest BCUT2D eigenvalue weighted by molar-refractivity contribution is -0.121. The minimum atomic E-state index is 0.269. The Labute approximate surface area is 90.2 Å². The molecule has 14 heavy (non-hydrogen) atoms. The van der Waals surface area contributed by atoms with Crippen molar-refractivity contribution in [2.45, 2.75) is 44.6 Å². The van der Waals surface area contributed by atoms with Crippen molar-refractivity contribution in [2.75, 3.05) is 11.5 Å². The third-order valence-electron chi connectivity index (χ3n) is 3.34. The second kappa shape index (κ2) is 5.06. The van der Waals surface area contributed by atoms with Gasteiger partial charge in [-0.2, -0.15) is 11.8 Å². The zero-order valence-electron chi connectivity index (χ0n) is 8.63. The van der Waals surface area contributed by atoms with Gasteiger partial charge in [0, 0.05) is 24.0 Å². The Morgan fingerprint density at radius 2 is 2.00 bits per heavy atom. The van der Waals surface area contributed by atoms with Crippen molar-refractivity contribution in [2.24, 2.45) is 5.92 Å². The van der Waals surface area contributed by atoms with Gasteiger partial charge in [0.15, 0.2) is 0 Å². The molecular weight excluding hydrogens is 194 g/mol. The van der Waals surface area contributed by atoms with E-state index in [1.165, 1.54) is 32.1 Å². The van der Waals surface area contributed by atoms with E-state index in [2.05, 4.69) is 5.32 Å². The standard InChI is InChI=1S/C11H19NOS/c13-11-6-7-14-8-10(12-11)9-4-2-1-3-5-9/h9-10H,1-8H2,(H,12,13). The fourth-order valence-corrected chi connectivity index (χ4v) is 3.59. The highest BCUT2D eigenvalue weighted by Crippen LogP contribution is 2.29. The first-order valence-corrected chi connectivity index (χ1v) is 6.89. The van der Waals surface area contributed by atoms with E-state index >= 15 is 0 Å². The predicted octanol–water partition coefficient (Wildman–Crippen LogP) is 2.19. The lowest BCUT2D eigenvalue weighted by atomic mass is 9.84. The van der Waals surface area contributed by atoms with Gasteiger partial charge in [-0.25, -0.2) is 0 Å². The molecule has 0 spiro atoms. The summed E-state index contributed by atoms with van der Waals surface area (Å²) < 4.78 is 0. The van der Waals surface area contributed by atoms with Crippen molar-refractivity contribution in [3.63, 3.8) is 0 Å². The highest BCUT2D eigenvalue weighted by molar-refractivity contribution is 7.99. The predicted molar refractivity (Wildman–Crippen MR) is 60.4 cm³/mol. The van der Waals surface area contributed by atoms with Gasteiger partial charge < -0.3 is 5.32 Å². The van der Waals surface area contributed by atoms with Gasteiger partial charge in [0.2, 0.25) is 5.91 Å². The van der Waals surface area contributed by atoms with Crippen LogP contribution in [0.25, 0.3) is 0 Å². The third-order valence-corrected chi connectivity index (χ3v) is 4.42. The number of carbonyl (C=O) groups excluding carboxylic acids is 1. The molecule has 0 aromatic heterocycles. The number of hydrogen-bond donors (Lipinski definition) is 1. The summed E-state index contributed by atoms with van der Waals surface area (Å²) in [6, 6.07) is 0.468. The topological polar surface area (TPSA) is 29.1 Å². The van der Waals surface area contributed by atoms with Crippen molar-refractivity contribution in [1.82, 2.24) is 5.32 Å². The third kappa shape index (κ3) is 2.66. The molecule has 1 saturated carbocycles. The summed E-state index contributed by atoms with van der Waals surface area (Å²) >= 11 is 1.94. The van der Waals surface area contributed by atoms with Crippen LogP contribution in [0.1, 0.15) is 38.5 Å². The minimum Gasteiger partial charge on any atom is -0.352 e. The van der Waals surface area contributed by atoms with Crippen LogP contribution < -0.4 is 5.32 Å². The Bertz CT molecular complexity index is 201. The molecule has 2 rings (SSSR count). The Morgan fingerprint density at radius 1 is 1.21 bits per heavy atom. The number of amides is 1. The fourth-order valence-electron chi connectivity index (χ4n) is 2.49.